The fourth-order valence-electron chi connectivity index (χ4n) is 2.67. The monoisotopic (exact) mass is 325 g/mol. The fraction of sp³-hybridized carbons (Fsp3) is 0.389. The summed E-state index contributed by atoms with van der Waals surface area (Å²) in [5.74, 6) is 1.43. The normalized spacial score (nSPS) is 11.9. The first-order valence-corrected chi connectivity index (χ1v) is 8.02. The molecular weight excluding hydrogens is 302 g/mol. The second-order valence-electron chi connectivity index (χ2n) is 7.07. The summed E-state index contributed by atoms with van der Waals surface area (Å²) in [7, 11) is 1.84. The van der Waals surface area contributed by atoms with Crippen LogP contribution in [0.3, 0.4) is 0 Å². The first kappa shape index (κ1) is 16.2. The molecule has 0 bridgehead atoms. The number of anilines is 1. The van der Waals surface area contributed by atoms with E-state index in [4.69, 9.17) is 0 Å². The number of amides is 1. The summed E-state index contributed by atoms with van der Waals surface area (Å²) in [6.07, 6.45) is 0. The van der Waals surface area contributed by atoms with E-state index in [1.54, 1.807) is 4.68 Å². The van der Waals surface area contributed by atoms with Crippen molar-refractivity contribution < 1.29 is 4.79 Å². The number of hydrogen-bond donors (Lipinski definition) is 1. The molecule has 0 spiro atoms. The topological polar surface area (TPSA) is 64.7 Å². The van der Waals surface area contributed by atoms with Crippen molar-refractivity contribution in [3.05, 3.63) is 41.9 Å². The standard InChI is InChI=1S/C18H23N5O/c1-12-19-13-8-6-7-9-14(13)23(12)11-17(24)20-16-10-15(18(2,3)4)21-22(16)5/h6-10H,11H2,1-5H3,(H,20,24). The Morgan fingerprint density at radius 3 is 2.62 bits per heavy atom. The van der Waals surface area contributed by atoms with E-state index in [-0.39, 0.29) is 17.9 Å². The fourth-order valence-corrected chi connectivity index (χ4v) is 2.67. The molecule has 1 aromatic carbocycles. The molecule has 2 aromatic heterocycles. The van der Waals surface area contributed by atoms with Gasteiger partial charge in [-0.2, -0.15) is 5.10 Å². The molecule has 0 aliphatic carbocycles. The van der Waals surface area contributed by atoms with E-state index in [1.807, 2.05) is 48.9 Å². The Morgan fingerprint density at radius 2 is 1.96 bits per heavy atom. The van der Waals surface area contributed by atoms with Gasteiger partial charge < -0.3 is 9.88 Å². The highest BCUT2D eigenvalue weighted by atomic mass is 16.2. The van der Waals surface area contributed by atoms with Crippen LogP contribution >= 0.6 is 0 Å². The number of fused-ring (bicyclic) bond motifs is 1. The summed E-state index contributed by atoms with van der Waals surface area (Å²) >= 11 is 0. The summed E-state index contributed by atoms with van der Waals surface area (Å²) in [6, 6.07) is 9.76. The van der Waals surface area contributed by atoms with Gasteiger partial charge in [0.15, 0.2) is 0 Å². The molecule has 6 nitrogen and oxygen atoms in total. The van der Waals surface area contributed by atoms with Crippen molar-refractivity contribution in [3.63, 3.8) is 0 Å². The largest absolute Gasteiger partial charge is 0.319 e. The molecule has 0 saturated heterocycles. The molecule has 0 aliphatic rings. The Labute approximate surface area is 141 Å². The molecule has 0 radical (unpaired) electrons. The molecule has 3 rings (SSSR count). The number of nitrogens with one attached hydrogen (secondary N) is 1. The van der Waals surface area contributed by atoms with Gasteiger partial charge in [0, 0.05) is 18.5 Å². The van der Waals surface area contributed by atoms with Crippen molar-refractivity contribution in [3.8, 4) is 0 Å². The van der Waals surface area contributed by atoms with Crippen molar-refractivity contribution in [2.75, 3.05) is 5.32 Å². The number of aryl methyl sites for hydroxylation is 2. The molecule has 0 saturated carbocycles. The molecule has 24 heavy (non-hydrogen) atoms. The number of nitrogens with zero attached hydrogens (tertiary/aromatic N) is 4. The number of carbonyl (C=O) groups is 1. The number of rotatable bonds is 3. The van der Waals surface area contributed by atoms with E-state index in [0.29, 0.717) is 5.82 Å². The molecule has 0 aliphatic heterocycles. The van der Waals surface area contributed by atoms with Crippen LogP contribution in [0, 0.1) is 6.92 Å². The number of aromatic nitrogens is 4. The SMILES string of the molecule is Cc1nc2ccccc2n1CC(=O)Nc1cc(C(C)(C)C)nn1C. The van der Waals surface area contributed by atoms with Gasteiger partial charge in [0.1, 0.15) is 18.2 Å². The third-order valence-corrected chi connectivity index (χ3v) is 4.06. The molecular formula is C18H23N5O. The highest BCUT2D eigenvalue weighted by Crippen LogP contribution is 2.23. The summed E-state index contributed by atoms with van der Waals surface area (Å²) in [5.41, 5.74) is 2.76. The maximum atomic E-state index is 12.5. The van der Waals surface area contributed by atoms with Crippen LogP contribution in [0.1, 0.15) is 32.3 Å². The van der Waals surface area contributed by atoms with Gasteiger partial charge in [0.05, 0.1) is 16.7 Å². The van der Waals surface area contributed by atoms with Crippen LogP contribution in [0.4, 0.5) is 5.82 Å². The Balaban J connectivity index is 1.81. The van der Waals surface area contributed by atoms with Gasteiger partial charge in [-0.3, -0.25) is 9.48 Å². The van der Waals surface area contributed by atoms with E-state index in [1.165, 1.54) is 0 Å². The summed E-state index contributed by atoms with van der Waals surface area (Å²) in [5, 5.41) is 7.43. The summed E-state index contributed by atoms with van der Waals surface area (Å²) < 4.78 is 3.63. The Kier molecular flexibility index (Phi) is 3.91. The van der Waals surface area contributed by atoms with E-state index >= 15 is 0 Å². The first-order chi connectivity index (χ1) is 11.3. The zero-order valence-corrected chi connectivity index (χ0v) is 14.8. The minimum atomic E-state index is -0.0929. The number of hydrogen-bond acceptors (Lipinski definition) is 3. The quantitative estimate of drug-likeness (QED) is 0.805. The Morgan fingerprint density at radius 1 is 1.25 bits per heavy atom. The number of para-hydroxylation sites is 2. The lowest BCUT2D eigenvalue weighted by molar-refractivity contribution is -0.116. The van der Waals surface area contributed by atoms with Crippen molar-refractivity contribution in [2.24, 2.45) is 7.05 Å². The van der Waals surface area contributed by atoms with Gasteiger partial charge in [0.2, 0.25) is 5.91 Å². The number of carbonyl (C=O) groups excluding carboxylic acids is 1. The lowest BCUT2D eigenvalue weighted by atomic mass is 9.92. The van der Waals surface area contributed by atoms with Crippen LogP contribution in [-0.2, 0) is 23.8 Å². The van der Waals surface area contributed by atoms with Gasteiger partial charge in [-0.05, 0) is 19.1 Å². The van der Waals surface area contributed by atoms with Crippen molar-refractivity contribution in [1.29, 1.82) is 0 Å². The van der Waals surface area contributed by atoms with Crippen LogP contribution in [0.15, 0.2) is 30.3 Å². The third-order valence-electron chi connectivity index (χ3n) is 4.06. The molecule has 2 heterocycles. The van der Waals surface area contributed by atoms with Gasteiger partial charge in [-0.15, -0.1) is 0 Å². The molecule has 0 unspecified atom stereocenters. The first-order valence-electron chi connectivity index (χ1n) is 8.02. The summed E-state index contributed by atoms with van der Waals surface area (Å²) in [4.78, 5) is 17.0. The van der Waals surface area contributed by atoms with E-state index in [9.17, 15) is 4.79 Å². The van der Waals surface area contributed by atoms with Crippen LogP contribution in [-0.4, -0.2) is 25.2 Å². The minimum absolute atomic E-state index is 0.0577. The van der Waals surface area contributed by atoms with Gasteiger partial charge >= 0.3 is 0 Å². The maximum Gasteiger partial charge on any atom is 0.245 e. The highest BCUT2D eigenvalue weighted by molar-refractivity contribution is 5.91. The molecule has 3 aromatic rings. The van der Waals surface area contributed by atoms with Gasteiger partial charge in [0.25, 0.3) is 0 Å². The predicted molar refractivity (Wildman–Crippen MR) is 95.0 cm³/mol. The van der Waals surface area contributed by atoms with Crippen LogP contribution < -0.4 is 5.32 Å². The Hall–Kier alpha value is -2.63. The highest BCUT2D eigenvalue weighted by Gasteiger charge is 2.20. The number of benzene rings is 1. The van der Waals surface area contributed by atoms with Crippen molar-refractivity contribution in [1.82, 2.24) is 19.3 Å². The molecule has 1 amide bonds. The van der Waals surface area contributed by atoms with Crippen LogP contribution in [0.2, 0.25) is 0 Å². The average molecular weight is 325 g/mol. The van der Waals surface area contributed by atoms with Gasteiger partial charge in [-0.1, -0.05) is 32.9 Å². The lowest BCUT2D eigenvalue weighted by Crippen LogP contribution is -2.20. The lowest BCUT2D eigenvalue weighted by Gasteiger charge is -2.13. The molecule has 1 N–H and O–H groups in total. The molecule has 6 heteroatoms. The zero-order chi connectivity index (χ0) is 17.5. The maximum absolute atomic E-state index is 12.5. The second-order valence-corrected chi connectivity index (χ2v) is 7.07. The van der Waals surface area contributed by atoms with E-state index in [2.05, 4.69) is 36.2 Å². The minimum Gasteiger partial charge on any atom is -0.319 e. The van der Waals surface area contributed by atoms with Crippen molar-refractivity contribution >= 4 is 22.8 Å². The molecule has 0 atom stereocenters. The average Bonchev–Trinajstić information content (AvgIpc) is 3.00. The smallest absolute Gasteiger partial charge is 0.245 e. The van der Waals surface area contributed by atoms with E-state index < -0.39 is 0 Å². The third kappa shape index (κ3) is 3.04. The van der Waals surface area contributed by atoms with Crippen molar-refractivity contribution in [2.45, 2.75) is 39.7 Å². The zero-order valence-electron chi connectivity index (χ0n) is 14.8. The van der Waals surface area contributed by atoms with E-state index in [0.717, 1.165) is 22.6 Å². The second kappa shape index (κ2) is 5.78. The van der Waals surface area contributed by atoms with Crippen LogP contribution in [0.25, 0.3) is 11.0 Å². The predicted octanol–water partition coefficient (Wildman–Crippen LogP) is 3.01. The Bertz CT molecular complexity index is 898. The summed E-state index contributed by atoms with van der Waals surface area (Å²) in [6.45, 7) is 8.43. The molecule has 126 valence electrons. The van der Waals surface area contributed by atoms with Gasteiger partial charge in [-0.25, -0.2) is 4.98 Å². The van der Waals surface area contributed by atoms with Crippen LogP contribution in [0.5, 0.6) is 0 Å². The number of imidazole rings is 1. The molecule has 0 fully saturated rings.